The number of nitrogens with zero attached hydrogens (tertiary/aromatic N) is 1. The molecule has 4 heteroatoms. The van der Waals surface area contributed by atoms with Gasteiger partial charge in [-0.15, -0.1) is 0 Å². The highest BCUT2D eigenvalue weighted by Crippen LogP contribution is 1.95. The normalized spacial score (nSPS) is 7.57. The molecule has 0 bridgehead atoms. The van der Waals surface area contributed by atoms with E-state index in [2.05, 4.69) is 25.9 Å². The van der Waals surface area contributed by atoms with Crippen molar-refractivity contribution in [2.45, 2.75) is 0 Å². The Balaban J connectivity index is 0.000000360. The number of rotatable bonds is 0. The highest BCUT2D eigenvalue weighted by Gasteiger charge is 1.76. The largest absolute Gasteiger partial charge is 0.339 e. The van der Waals surface area contributed by atoms with Gasteiger partial charge in [-0.25, -0.2) is 4.98 Å². The minimum Gasteiger partial charge on any atom is -0.339 e. The SMILES string of the molecule is Brc1ncc[nH]1.[MgH2]. The van der Waals surface area contributed by atoms with Crippen molar-refractivity contribution in [3.8, 4) is 0 Å². The van der Waals surface area contributed by atoms with E-state index in [0.717, 1.165) is 4.73 Å². The Morgan fingerprint density at radius 1 is 1.71 bits per heavy atom. The molecule has 0 fully saturated rings. The summed E-state index contributed by atoms with van der Waals surface area (Å²) in [5.41, 5.74) is 0. The Hall–Kier alpha value is 0.456. The Labute approximate surface area is 66.0 Å². The summed E-state index contributed by atoms with van der Waals surface area (Å²) in [6.45, 7) is 0. The van der Waals surface area contributed by atoms with Gasteiger partial charge in [0.25, 0.3) is 0 Å². The van der Waals surface area contributed by atoms with Crippen LogP contribution in [-0.4, -0.2) is 33.0 Å². The van der Waals surface area contributed by atoms with Crippen molar-refractivity contribution in [1.29, 1.82) is 0 Å². The molecule has 0 aliphatic carbocycles. The van der Waals surface area contributed by atoms with Crippen molar-refractivity contribution in [3.05, 3.63) is 17.1 Å². The summed E-state index contributed by atoms with van der Waals surface area (Å²) < 4.78 is 0.780. The fraction of sp³-hybridized carbons (Fsp3) is 0. The van der Waals surface area contributed by atoms with Crippen LogP contribution in [0.5, 0.6) is 0 Å². The number of hydrogen-bond donors (Lipinski definition) is 1. The first-order valence-electron chi connectivity index (χ1n) is 1.54. The van der Waals surface area contributed by atoms with Crippen molar-refractivity contribution in [1.82, 2.24) is 9.97 Å². The van der Waals surface area contributed by atoms with E-state index in [0.29, 0.717) is 0 Å². The summed E-state index contributed by atoms with van der Waals surface area (Å²) in [6.07, 6.45) is 3.44. The van der Waals surface area contributed by atoms with Gasteiger partial charge in [0.2, 0.25) is 0 Å². The molecule has 0 aliphatic rings. The Morgan fingerprint density at radius 3 is 2.57 bits per heavy atom. The molecule has 1 heterocycles. The summed E-state index contributed by atoms with van der Waals surface area (Å²) in [6, 6.07) is 0. The molecule has 2 nitrogen and oxygen atoms in total. The van der Waals surface area contributed by atoms with E-state index >= 15 is 0 Å². The summed E-state index contributed by atoms with van der Waals surface area (Å²) in [5, 5.41) is 0. The van der Waals surface area contributed by atoms with E-state index in [4.69, 9.17) is 0 Å². The fourth-order valence-electron chi connectivity index (χ4n) is 0.246. The summed E-state index contributed by atoms with van der Waals surface area (Å²) >= 11 is 3.11. The molecule has 1 N–H and O–H groups in total. The summed E-state index contributed by atoms with van der Waals surface area (Å²) in [5.74, 6) is 0. The molecular formula is C3H5BrMgN2. The maximum absolute atomic E-state index is 3.78. The molecule has 0 radical (unpaired) electrons. The Kier molecular flexibility index (Phi) is 3.68. The minimum absolute atomic E-state index is 0. The zero-order valence-corrected chi connectivity index (χ0v) is 4.57. The second-order valence-electron chi connectivity index (χ2n) is 0.880. The van der Waals surface area contributed by atoms with Crippen LogP contribution in [0.15, 0.2) is 17.1 Å². The van der Waals surface area contributed by atoms with Gasteiger partial charge in [-0.2, -0.15) is 0 Å². The number of aromatic amines is 1. The number of nitrogens with one attached hydrogen (secondary N) is 1. The van der Waals surface area contributed by atoms with E-state index in [1.807, 2.05) is 0 Å². The molecule has 0 unspecified atom stereocenters. The van der Waals surface area contributed by atoms with Gasteiger partial charge in [-0.3, -0.25) is 0 Å². The van der Waals surface area contributed by atoms with Gasteiger partial charge in [0, 0.05) is 12.4 Å². The van der Waals surface area contributed by atoms with Crippen LogP contribution in [0.2, 0.25) is 0 Å². The number of aromatic nitrogens is 2. The van der Waals surface area contributed by atoms with Crippen molar-refractivity contribution in [2.24, 2.45) is 0 Å². The average molecular weight is 173 g/mol. The Morgan fingerprint density at radius 2 is 2.43 bits per heavy atom. The predicted molar refractivity (Wildman–Crippen MR) is 34.8 cm³/mol. The topological polar surface area (TPSA) is 28.7 Å². The minimum atomic E-state index is 0. The van der Waals surface area contributed by atoms with Gasteiger partial charge in [0.15, 0.2) is 4.73 Å². The van der Waals surface area contributed by atoms with Crippen LogP contribution in [0.1, 0.15) is 0 Å². The number of halogens is 1. The average Bonchev–Trinajstić information content (AvgIpc) is 1.86. The lowest BCUT2D eigenvalue weighted by atomic mass is 11.0. The van der Waals surface area contributed by atoms with Crippen LogP contribution in [-0.2, 0) is 0 Å². The number of H-pyrrole nitrogens is 1. The molecule has 0 aliphatic heterocycles. The van der Waals surface area contributed by atoms with Crippen molar-refractivity contribution in [3.63, 3.8) is 0 Å². The van der Waals surface area contributed by atoms with Gasteiger partial charge >= 0.3 is 23.1 Å². The molecule has 0 atom stereocenters. The quantitative estimate of drug-likeness (QED) is 0.560. The van der Waals surface area contributed by atoms with E-state index in [-0.39, 0.29) is 23.1 Å². The van der Waals surface area contributed by atoms with E-state index < -0.39 is 0 Å². The first-order chi connectivity index (χ1) is 2.89. The molecule has 1 rings (SSSR count). The third kappa shape index (κ3) is 2.31. The molecule has 0 spiro atoms. The van der Waals surface area contributed by atoms with Crippen molar-refractivity contribution < 1.29 is 0 Å². The van der Waals surface area contributed by atoms with Gasteiger partial charge in [-0.1, -0.05) is 0 Å². The zero-order chi connectivity index (χ0) is 4.41. The van der Waals surface area contributed by atoms with Gasteiger partial charge < -0.3 is 4.98 Å². The van der Waals surface area contributed by atoms with Crippen LogP contribution in [0, 0.1) is 0 Å². The van der Waals surface area contributed by atoms with Crippen molar-refractivity contribution in [2.75, 3.05) is 0 Å². The first-order valence-corrected chi connectivity index (χ1v) is 2.34. The van der Waals surface area contributed by atoms with E-state index in [1.54, 1.807) is 12.4 Å². The highest BCUT2D eigenvalue weighted by molar-refractivity contribution is 9.10. The van der Waals surface area contributed by atoms with Crippen molar-refractivity contribution >= 4 is 39.0 Å². The maximum atomic E-state index is 3.78. The first kappa shape index (κ1) is 7.46. The highest BCUT2D eigenvalue weighted by atomic mass is 79.9. The number of imidazole rings is 1. The maximum Gasteiger partial charge on any atom is 0.316 e. The molecule has 36 valence electrons. The molecule has 1 aromatic rings. The fourth-order valence-corrected chi connectivity index (χ4v) is 0.496. The molecule has 0 aromatic carbocycles. The van der Waals surface area contributed by atoms with Crippen LogP contribution >= 0.6 is 15.9 Å². The predicted octanol–water partition coefficient (Wildman–Crippen LogP) is 0.256. The molecule has 0 saturated heterocycles. The standard InChI is InChI=1S/C3H3BrN2.Mg.2H/c4-3-5-1-2-6-3;;;/h1-2H,(H,5,6);;;. The zero-order valence-electron chi connectivity index (χ0n) is 2.98. The van der Waals surface area contributed by atoms with E-state index in [1.165, 1.54) is 0 Å². The third-order valence-corrected chi connectivity index (χ3v) is 0.899. The lowest BCUT2D eigenvalue weighted by molar-refractivity contribution is 1.24. The second kappa shape index (κ2) is 3.46. The molecule has 1 aromatic heterocycles. The molecular weight excluding hydrogens is 168 g/mol. The van der Waals surface area contributed by atoms with Gasteiger partial charge in [0.05, 0.1) is 0 Å². The van der Waals surface area contributed by atoms with E-state index in [9.17, 15) is 0 Å². The van der Waals surface area contributed by atoms with Gasteiger partial charge in [0.1, 0.15) is 0 Å². The summed E-state index contributed by atoms with van der Waals surface area (Å²) in [4.78, 5) is 6.58. The summed E-state index contributed by atoms with van der Waals surface area (Å²) in [7, 11) is 0. The number of hydrogen-bond acceptors (Lipinski definition) is 1. The molecule has 0 amide bonds. The third-order valence-electron chi connectivity index (χ3n) is 0.465. The lowest BCUT2D eigenvalue weighted by Gasteiger charge is -1.65. The van der Waals surface area contributed by atoms with Crippen LogP contribution in [0.3, 0.4) is 0 Å². The smallest absolute Gasteiger partial charge is 0.316 e. The van der Waals surface area contributed by atoms with Gasteiger partial charge in [-0.05, 0) is 15.9 Å². The lowest BCUT2D eigenvalue weighted by Crippen LogP contribution is -1.57. The second-order valence-corrected chi connectivity index (χ2v) is 1.63. The van der Waals surface area contributed by atoms with Crippen LogP contribution in [0.4, 0.5) is 0 Å². The monoisotopic (exact) mass is 172 g/mol. The molecule has 0 saturated carbocycles. The van der Waals surface area contributed by atoms with Crippen LogP contribution < -0.4 is 0 Å². The van der Waals surface area contributed by atoms with Crippen LogP contribution in [0.25, 0.3) is 0 Å². The molecule has 7 heavy (non-hydrogen) atoms. The Bertz CT molecular complexity index is 116.